The van der Waals surface area contributed by atoms with Gasteiger partial charge in [-0.1, -0.05) is 37.3 Å². The first kappa shape index (κ1) is 13.1. The molecular weight excluding hydrogens is 264 g/mol. The van der Waals surface area contributed by atoms with Gasteiger partial charge in [0.2, 0.25) is 0 Å². The Labute approximate surface area is 123 Å². The van der Waals surface area contributed by atoms with Crippen LogP contribution in [-0.4, -0.2) is 4.98 Å². The number of aromatic nitrogens is 1. The molecule has 0 N–H and O–H groups in total. The van der Waals surface area contributed by atoms with Gasteiger partial charge in [0.25, 0.3) is 0 Å². The van der Waals surface area contributed by atoms with Crippen molar-refractivity contribution >= 4 is 23.0 Å². The molecule has 1 aliphatic carbocycles. The highest BCUT2D eigenvalue weighted by molar-refractivity contribution is 7.13. The van der Waals surface area contributed by atoms with Crippen molar-refractivity contribution in [1.82, 2.24) is 4.98 Å². The molecule has 3 rings (SSSR count). The number of hydrogen-bond acceptors (Lipinski definition) is 3. The summed E-state index contributed by atoms with van der Waals surface area (Å²) in [6, 6.07) is 12.3. The van der Waals surface area contributed by atoms with Crippen molar-refractivity contribution in [2.24, 2.45) is 5.92 Å². The van der Waals surface area contributed by atoms with Crippen LogP contribution in [0.1, 0.15) is 34.5 Å². The van der Waals surface area contributed by atoms with Gasteiger partial charge in [0.1, 0.15) is 11.1 Å². The van der Waals surface area contributed by atoms with Crippen molar-refractivity contribution < 1.29 is 0 Å². The number of nitrogens with zero attached hydrogens (tertiary/aromatic N) is 2. The molecule has 0 amide bonds. The van der Waals surface area contributed by atoms with Crippen LogP contribution in [-0.2, 0) is 12.8 Å². The van der Waals surface area contributed by atoms with Gasteiger partial charge in [-0.2, -0.15) is 5.26 Å². The van der Waals surface area contributed by atoms with Crippen LogP contribution < -0.4 is 0 Å². The first-order valence-electron chi connectivity index (χ1n) is 6.92. The Balaban J connectivity index is 1.95. The van der Waals surface area contributed by atoms with Gasteiger partial charge in [0, 0.05) is 4.88 Å². The number of thiazole rings is 1. The molecule has 1 aromatic carbocycles. The van der Waals surface area contributed by atoms with Crippen LogP contribution in [0.2, 0.25) is 0 Å². The minimum absolute atomic E-state index is 0.670. The van der Waals surface area contributed by atoms with Gasteiger partial charge in [-0.05, 0) is 36.8 Å². The lowest BCUT2D eigenvalue weighted by atomic mass is 9.93. The quantitative estimate of drug-likeness (QED) is 0.768. The maximum atomic E-state index is 9.40. The summed E-state index contributed by atoms with van der Waals surface area (Å²) < 4.78 is 0. The molecule has 1 heterocycles. The van der Waals surface area contributed by atoms with Gasteiger partial charge in [0.05, 0.1) is 11.3 Å². The highest BCUT2D eigenvalue weighted by Crippen LogP contribution is 2.32. The van der Waals surface area contributed by atoms with E-state index in [1.807, 2.05) is 36.4 Å². The molecule has 2 aromatic rings. The van der Waals surface area contributed by atoms with E-state index in [1.54, 1.807) is 11.3 Å². The summed E-state index contributed by atoms with van der Waals surface area (Å²) in [6.07, 6.45) is 5.29. The second-order valence-electron chi connectivity index (χ2n) is 5.32. The lowest BCUT2D eigenvalue weighted by molar-refractivity contribution is 0.502. The Hall–Kier alpha value is -1.92. The number of fused-ring (bicyclic) bond motifs is 1. The first-order chi connectivity index (χ1) is 9.76. The zero-order valence-electron chi connectivity index (χ0n) is 11.5. The summed E-state index contributed by atoms with van der Waals surface area (Å²) in [5.41, 5.74) is 2.92. The normalized spacial score (nSPS) is 18.4. The summed E-state index contributed by atoms with van der Waals surface area (Å²) in [7, 11) is 0. The van der Waals surface area contributed by atoms with E-state index in [0.29, 0.717) is 5.57 Å². The molecule has 100 valence electrons. The molecule has 1 aliphatic rings. The Morgan fingerprint density at radius 3 is 2.95 bits per heavy atom. The van der Waals surface area contributed by atoms with E-state index >= 15 is 0 Å². The van der Waals surface area contributed by atoms with Gasteiger partial charge < -0.3 is 0 Å². The van der Waals surface area contributed by atoms with Gasteiger partial charge in [0.15, 0.2) is 0 Å². The van der Waals surface area contributed by atoms with Gasteiger partial charge in [-0.3, -0.25) is 0 Å². The third-order valence-corrected chi connectivity index (χ3v) is 4.80. The average molecular weight is 280 g/mol. The van der Waals surface area contributed by atoms with Crippen LogP contribution in [0.15, 0.2) is 30.3 Å². The second kappa shape index (κ2) is 5.60. The van der Waals surface area contributed by atoms with E-state index in [9.17, 15) is 5.26 Å². The van der Waals surface area contributed by atoms with Gasteiger partial charge in [-0.25, -0.2) is 4.98 Å². The molecule has 20 heavy (non-hydrogen) atoms. The van der Waals surface area contributed by atoms with Crippen LogP contribution in [0.5, 0.6) is 0 Å². The monoisotopic (exact) mass is 280 g/mol. The third-order valence-electron chi connectivity index (χ3n) is 3.65. The number of rotatable bonds is 2. The van der Waals surface area contributed by atoms with Crippen molar-refractivity contribution in [3.05, 3.63) is 51.5 Å². The molecule has 0 bridgehead atoms. The molecule has 1 aromatic heterocycles. The lowest BCUT2D eigenvalue weighted by Gasteiger charge is -2.15. The summed E-state index contributed by atoms with van der Waals surface area (Å²) in [5, 5.41) is 10.3. The average Bonchev–Trinajstić information content (AvgIpc) is 2.88. The first-order valence-corrected chi connectivity index (χ1v) is 7.73. The number of allylic oxidation sites excluding steroid dienone is 1. The molecule has 0 aliphatic heterocycles. The van der Waals surface area contributed by atoms with Gasteiger partial charge in [-0.15, -0.1) is 11.3 Å². The van der Waals surface area contributed by atoms with Crippen LogP contribution in [0.25, 0.3) is 11.6 Å². The fourth-order valence-corrected chi connectivity index (χ4v) is 3.75. The van der Waals surface area contributed by atoms with Crippen molar-refractivity contribution in [2.45, 2.75) is 26.2 Å². The lowest BCUT2D eigenvalue weighted by Crippen LogP contribution is -2.09. The maximum Gasteiger partial charge on any atom is 0.134 e. The molecular formula is C17H16N2S. The fraction of sp³-hybridized carbons (Fsp3) is 0.294. The summed E-state index contributed by atoms with van der Waals surface area (Å²) >= 11 is 1.69. The predicted molar refractivity (Wildman–Crippen MR) is 83.2 cm³/mol. The fourth-order valence-electron chi connectivity index (χ4n) is 2.51. The third kappa shape index (κ3) is 2.66. The molecule has 0 radical (unpaired) electrons. The van der Waals surface area contributed by atoms with E-state index in [1.165, 1.54) is 17.0 Å². The summed E-state index contributed by atoms with van der Waals surface area (Å²) in [5.74, 6) is 0.736. The highest BCUT2D eigenvalue weighted by Gasteiger charge is 2.20. The Kier molecular flexibility index (Phi) is 3.66. The number of hydrogen-bond donors (Lipinski definition) is 0. The van der Waals surface area contributed by atoms with E-state index in [2.05, 4.69) is 18.0 Å². The molecule has 0 spiro atoms. The van der Waals surface area contributed by atoms with Gasteiger partial charge >= 0.3 is 0 Å². The molecule has 2 nitrogen and oxygen atoms in total. The van der Waals surface area contributed by atoms with Crippen LogP contribution >= 0.6 is 11.3 Å². The predicted octanol–water partition coefficient (Wildman–Crippen LogP) is 4.33. The van der Waals surface area contributed by atoms with E-state index in [0.717, 1.165) is 29.3 Å². The molecule has 0 saturated heterocycles. The Morgan fingerprint density at radius 2 is 2.20 bits per heavy atom. The largest absolute Gasteiger partial charge is 0.240 e. The van der Waals surface area contributed by atoms with Crippen LogP contribution in [0.3, 0.4) is 0 Å². The number of nitriles is 1. The summed E-state index contributed by atoms with van der Waals surface area (Å²) in [4.78, 5) is 6.05. The molecule has 1 unspecified atom stereocenters. The standard InChI is InChI=1S/C17H16N2S/c1-12-7-8-15-16(9-12)20-17(19-15)14(11-18)10-13-5-3-2-4-6-13/h2-6,10,12H,7-9H2,1H3/b14-10-. The maximum absolute atomic E-state index is 9.40. The molecule has 0 fully saturated rings. The van der Waals surface area contributed by atoms with Crippen molar-refractivity contribution in [2.75, 3.05) is 0 Å². The van der Waals surface area contributed by atoms with Crippen LogP contribution in [0.4, 0.5) is 0 Å². The van der Waals surface area contributed by atoms with E-state index < -0.39 is 0 Å². The SMILES string of the molecule is CC1CCc2nc(/C(C#N)=C\c3ccccc3)sc2C1. The minimum atomic E-state index is 0.670. The summed E-state index contributed by atoms with van der Waals surface area (Å²) in [6.45, 7) is 2.29. The van der Waals surface area contributed by atoms with Crippen molar-refractivity contribution in [3.63, 3.8) is 0 Å². The minimum Gasteiger partial charge on any atom is -0.240 e. The molecule has 0 saturated carbocycles. The van der Waals surface area contributed by atoms with E-state index in [-0.39, 0.29) is 0 Å². The zero-order valence-corrected chi connectivity index (χ0v) is 12.3. The van der Waals surface area contributed by atoms with Crippen LogP contribution in [0, 0.1) is 17.2 Å². The smallest absolute Gasteiger partial charge is 0.134 e. The number of benzene rings is 1. The Morgan fingerprint density at radius 1 is 1.40 bits per heavy atom. The Bertz CT molecular complexity index is 677. The zero-order chi connectivity index (χ0) is 13.9. The highest BCUT2D eigenvalue weighted by atomic mass is 32.1. The van der Waals surface area contributed by atoms with E-state index in [4.69, 9.17) is 0 Å². The van der Waals surface area contributed by atoms with Crippen molar-refractivity contribution in [1.29, 1.82) is 5.26 Å². The van der Waals surface area contributed by atoms with Crippen molar-refractivity contribution in [3.8, 4) is 6.07 Å². The topological polar surface area (TPSA) is 36.7 Å². The molecule has 1 atom stereocenters. The second-order valence-corrected chi connectivity index (χ2v) is 6.40. The number of aryl methyl sites for hydroxylation is 1. The molecule has 3 heteroatoms.